The molecule has 24 heavy (non-hydrogen) atoms. The van der Waals surface area contributed by atoms with E-state index in [1.165, 1.54) is 11.1 Å². The van der Waals surface area contributed by atoms with Crippen LogP contribution in [0.25, 0.3) is 0 Å². The number of hydrogen-bond acceptors (Lipinski definition) is 4. The van der Waals surface area contributed by atoms with E-state index < -0.39 is 0 Å². The summed E-state index contributed by atoms with van der Waals surface area (Å²) in [6.07, 6.45) is 3.65. The molecule has 1 atom stereocenters. The van der Waals surface area contributed by atoms with Crippen LogP contribution in [0.15, 0.2) is 42.6 Å². The van der Waals surface area contributed by atoms with Gasteiger partial charge in [0.1, 0.15) is 5.75 Å². The number of pyridine rings is 1. The highest BCUT2D eigenvalue weighted by molar-refractivity contribution is 5.41. The molecule has 1 N–H and O–H groups in total. The number of nitrogens with zero attached hydrogens (tertiary/aromatic N) is 2. The van der Waals surface area contributed by atoms with Gasteiger partial charge in [-0.25, -0.2) is 0 Å². The Morgan fingerprint density at radius 2 is 1.92 bits per heavy atom. The fraction of sp³-hybridized carbons (Fsp3) is 0.450. The molecule has 1 aromatic carbocycles. The second-order valence-electron chi connectivity index (χ2n) is 6.16. The summed E-state index contributed by atoms with van der Waals surface area (Å²) in [6.45, 7) is 8.66. The quantitative estimate of drug-likeness (QED) is 0.792. The minimum atomic E-state index is -0.179. The van der Waals surface area contributed by atoms with E-state index in [1.807, 2.05) is 24.4 Å². The van der Waals surface area contributed by atoms with Crippen LogP contribution in [0.3, 0.4) is 0 Å². The Labute approximate surface area is 144 Å². The standard InChI is InChI=1S/C20H27N3O/c1-3-23(4-2)14-8-13-22-20-19-17(10-7-12-21-19)15-16-9-5-6-11-18(16)24-20/h5-7,9-12,20,22H,3-4,8,13-15H2,1-2H3. The first kappa shape index (κ1) is 16.9. The lowest BCUT2D eigenvalue weighted by molar-refractivity contribution is 0.160. The van der Waals surface area contributed by atoms with E-state index in [0.29, 0.717) is 0 Å². The Morgan fingerprint density at radius 1 is 1.12 bits per heavy atom. The lowest BCUT2D eigenvalue weighted by Crippen LogP contribution is -2.31. The van der Waals surface area contributed by atoms with E-state index in [0.717, 1.165) is 50.5 Å². The average Bonchev–Trinajstić information content (AvgIpc) is 2.78. The fourth-order valence-electron chi connectivity index (χ4n) is 3.20. The van der Waals surface area contributed by atoms with Crippen molar-refractivity contribution in [2.24, 2.45) is 0 Å². The molecule has 4 nitrogen and oxygen atoms in total. The summed E-state index contributed by atoms with van der Waals surface area (Å²) >= 11 is 0. The summed E-state index contributed by atoms with van der Waals surface area (Å²) in [5.74, 6) is 0.955. The van der Waals surface area contributed by atoms with Crippen LogP contribution < -0.4 is 10.1 Å². The molecule has 0 bridgehead atoms. The highest BCUT2D eigenvalue weighted by Gasteiger charge is 2.23. The van der Waals surface area contributed by atoms with Crippen LogP contribution in [-0.4, -0.2) is 36.1 Å². The van der Waals surface area contributed by atoms with E-state index in [9.17, 15) is 0 Å². The fourth-order valence-corrected chi connectivity index (χ4v) is 3.20. The monoisotopic (exact) mass is 325 g/mol. The predicted molar refractivity (Wildman–Crippen MR) is 97.3 cm³/mol. The molecule has 3 rings (SSSR count). The van der Waals surface area contributed by atoms with Crippen molar-refractivity contribution in [2.75, 3.05) is 26.2 Å². The number of para-hydroxylation sites is 1. The largest absolute Gasteiger partial charge is 0.469 e. The number of benzene rings is 1. The Kier molecular flexibility index (Phi) is 5.83. The zero-order valence-corrected chi connectivity index (χ0v) is 14.7. The van der Waals surface area contributed by atoms with Crippen LogP contribution in [0.5, 0.6) is 5.75 Å². The van der Waals surface area contributed by atoms with Crippen molar-refractivity contribution in [1.29, 1.82) is 0 Å². The molecule has 1 aliphatic rings. The first-order valence-corrected chi connectivity index (χ1v) is 8.96. The first-order chi connectivity index (χ1) is 11.8. The van der Waals surface area contributed by atoms with Crippen molar-refractivity contribution in [3.05, 3.63) is 59.4 Å². The van der Waals surface area contributed by atoms with Crippen molar-refractivity contribution in [3.8, 4) is 5.75 Å². The highest BCUT2D eigenvalue weighted by Crippen LogP contribution is 2.31. The Morgan fingerprint density at radius 3 is 2.75 bits per heavy atom. The summed E-state index contributed by atoms with van der Waals surface area (Å²) in [4.78, 5) is 7.03. The third kappa shape index (κ3) is 3.94. The van der Waals surface area contributed by atoms with Gasteiger partial charge in [-0.2, -0.15) is 0 Å². The van der Waals surface area contributed by atoms with Crippen LogP contribution in [-0.2, 0) is 6.42 Å². The Bertz CT molecular complexity index is 655. The Balaban J connectivity index is 1.70. The Hall–Kier alpha value is -1.91. The van der Waals surface area contributed by atoms with Crippen molar-refractivity contribution < 1.29 is 4.74 Å². The summed E-state index contributed by atoms with van der Waals surface area (Å²) in [6, 6.07) is 12.4. The first-order valence-electron chi connectivity index (χ1n) is 8.96. The van der Waals surface area contributed by atoms with E-state index >= 15 is 0 Å². The number of rotatable bonds is 7. The van der Waals surface area contributed by atoms with Gasteiger partial charge in [-0.1, -0.05) is 38.1 Å². The SMILES string of the molecule is CCN(CC)CCCNC1Oc2ccccc2Cc2cccnc21. The predicted octanol–water partition coefficient (Wildman–Crippen LogP) is 3.38. The van der Waals surface area contributed by atoms with Crippen LogP contribution in [0.1, 0.15) is 43.3 Å². The summed E-state index contributed by atoms with van der Waals surface area (Å²) < 4.78 is 6.26. The van der Waals surface area contributed by atoms with Gasteiger partial charge in [0.15, 0.2) is 6.23 Å². The maximum atomic E-state index is 6.26. The minimum absolute atomic E-state index is 0.179. The smallest absolute Gasteiger partial charge is 0.193 e. The van der Waals surface area contributed by atoms with Gasteiger partial charge in [0.2, 0.25) is 0 Å². The molecule has 1 aliphatic heterocycles. The number of hydrogen-bond donors (Lipinski definition) is 1. The topological polar surface area (TPSA) is 37.4 Å². The third-order valence-electron chi connectivity index (χ3n) is 4.65. The van der Waals surface area contributed by atoms with E-state index in [1.54, 1.807) is 0 Å². The van der Waals surface area contributed by atoms with Gasteiger partial charge in [-0.3, -0.25) is 10.3 Å². The van der Waals surface area contributed by atoms with Gasteiger partial charge < -0.3 is 9.64 Å². The summed E-state index contributed by atoms with van der Waals surface area (Å²) in [7, 11) is 0. The van der Waals surface area contributed by atoms with Crippen molar-refractivity contribution >= 4 is 0 Å². The molecule has 0 radical (unpaired) electrons. The average molecular weight is 325 g/mol. The van der Waals surface area contributed by atoms with Gasteiger partial charge in [-0.15, -0.1) is 0 Å². The van der Waals surface area contributed by atoms with Gasteiger partial charge in [-0.05, 0) is 49.3 Å². The molecule has 2 aromatic rings. The second-order valence-corrected chi connectivity index (χ2v) is 6.16. The molecule has 0 spiro atoms. The maximum absolute atomic E-state index is 6.26. The lowest BCUT2D eigenvalue weighted by Gasteiger charge is -2.22. The normalized spacial score (nSPS) is 16.2. The van der Waals surface area contributed by atoms with Crippen molar-refractivity contribution in [3.63, 3.8) is 0 Å². The number of fused-ring (bicyclic) bond motifs is 2. The summed E-state index contributed by atoms with van der Waals surface area (Å²) in [5, 5.41) is 3.55. The van der Waals surface area contributed by atoms with Gasteiger partial charge in [0.05, 0.1) is 5.69 Å². The lowest BCUT2D eigenvalue weighted by atomic mass is 10.0. The third-order valence-corrected chi connectivity index (χ3v) is 4.65. The highest BCUT2D eigenvalue weighted by atomic mass is 16.5. The molecular formula is C20H27N3O. The van der Waals surface area contributed by atoms with E-state index in [4.69, 9.17) is 4.74 Å². The van der Waals surface area contributed by atoms with Crippen LogP contribution in [0, 0.1) is 0 Å². The van der Waals surface area contributed by atoms with Crippen LogP contribution in [0.4, 0.5) is 0 Å². The van der Waals surface area contributed by atoms with Gasteiger partial charge >= 0.3 is 0 Å². The summed E-state index contributed by atoms with van der Waals surface area (Å²) in [5.41, 5.74) is 3.47. The molecule has 2 heterocycles. The van der Waals surface area contributed by atoms with E-state index in [2.05, 4.69) is 47.2 Å². The van der Waals surface area contributed by atoms with Crippen molar-refractivity contribution in [1.82, 2.24) is 15.2 Å². The van der Waals surface area contributed by atoms with Gasteiger partial charge in [0, 0.05) is 19.2 Å². The van der Waals surface area contributed by atoms with Crippen LogP contribution in [0.2, 0.25) is 0 Å². The van der Waals surface area contributed by atoms with Crippen molar-refractivity contribution in [2.45, 2.75) is 32.9 Å². The number of ether oxygens (including phenoxy) is 1. The molecule has 0 amide bonds. The minimum Gasteiger partial charge on any atom is -0.469 e. The van der Waals surface area contributed by atoms with Crippen LogP contribution >= 0.6 is 0 Å². The molecular weight excluding hydrogens is 298 g/mol. The number of aromatic nitrogens is 1. The molecule has 0 aliphatic carbocycles. The molecule has 4 heteroatoms. The second kappa shape index (κ2) is 8.27. The zero-order chi connectivity index (χ0) is 16.8. The molecule has 1 unspecified atom stereocenters. The molecule has 0 fully saturated rings. The molecule has 0 saturated heterocycles. The maximum Gasteiger partial charge on any atom is 0.193 e. The molecule has 1 aromatic heterocycles. The molecule has 0 saturated carbocycles. The van der Waals surface area contributed by atoms with Gasteiger partial charge in [0.25, 0.3) is 0 Å². The number of nitrogens with one attached hydrogen (secondary N) is 1. The van der Waals surface area contributed by atoms with E-state index in [-0.39, 0.29) is 6.23 Å². The molecule has 128 valence electrons. The zero-order valence-electron chi connectivity index (χ0n) is 14.7.